The Morgan fingerprint density at radius 1 is 1.11 bits per heavy atom. The molecule has 0 unspecified atom stereocenters. The molecular weight excluding hydrogens is 242 g/mol. The average molecular weight is 267 g/mol. The summed E-state index contributed by atoms with van der Waals surface area (Å²) in [5, 5.41) is 3.34. The van der Waals surface area contributed by atoms with E-state index in [0.717, 1.165) is 37.8 Å². The molecule has 1 aromatic carbocycles. The van der Waals surface area contributed by atoms with E-state index in [1.807, 2.05) is 18.2 Å². The van der Waals surface area contributed by atoms with Crippen LogP contribution in [0.3, 0.4) is 0 Å². The first-order chi connectivity index (χ1) is 9.17. The van der Waals surface area contributed by atoms with Gasteiger partial charge in [0.1, 0.15) is 0 Å². The Labute approximate surface area is 116 Å². The molecule has 0 aliphatic carbocycles. The van der Waals surface area contributed by atoms with Gasteiger partial charge in [0.15, 0.2) is 11.5 Å². The fraction of sp³-hybridized carbons (Fsp3) is 0.600. The van der Waals surface area contributed by atoms with Gasteiger partial charge in [0.05, 0.1) is 20.8 Å². The lowest BCUT2D eigenvalue weighted by Gasteiger charge is -2.11. The Balaban J connectivity index is 2.29. The number of hydrogen-bond acceptors (Lipinski definition) is 4. The van der Waals surface area contributed by atoms with E-state index >= 15 is 0 Å². The predicted octanol–water partition coefficient (Wildman–Crippen LogP) is 2.47. The average Bonchev–Trinajstić information content (AvgIpc) is 2.42. The van der Waals surface area contributed by atoms with Crippen molar-refractivity contribution < 1.29 is 14.2 Å². The molecule has 0 fully saturated rings. The van der Waals surface area contributed by atoms with Crippen LogP contribution in [0.25, 0.3) is 0 Å². The Bertz CT molecular complexity index is 366. The smallest absolute Gasteiger partial charge is 0.161 e. The topological polar surface area (TPSA) is 39.7 Å². The van der Waals surface area contributed by atoms with E-state index in [4.69, 9.17) is 14.2 Å². The molecule has 1 rings (SSSR count). The van der Waals surface area contributed by atoms with Crippen LogP contribution in [0.2, 0.25) is 0 Å². The molecule has 108 valence electrons. The van der Waals surface area contributed by atoms with Crippen LogP contribution in [0.5, 0.6) is 11.5 Å². The molecule has 0 heterocycles. The lowest BCUT2D eigenvalue weighted by atomic mass is 10.2. The van der Waals surface area contributed by atoms with Gasteiger partial charge >= 0.3 is 0 Å². The molecule has 1 N–H and O–H groups in total. The van der Waals surface area contributed by atoms with E-state index in [0.29, 0.717) is 5.92 Å². The van der Waals surface area contributed by atoms with Crippen molar-refractivity contribution in [2.45, 2.75) is 20.4 Å². The van der Waals surface area contributed by atoms with E-state index in [1.165, 1.54) is 5.56 Å². The summed E-state index contributed by atoms with van der Waals surface area (Å²) in [5.74, 6) is 2.11. The van der Waals surface area contributed by atoms with Crippen molar-refractivity contribution in [3.05, 3.63) is 23.8 Å². The molecule has 0 aliphatic heterocycles. The third-order valence-corrected chi connectivity index (χ3v) is 2.65. The van der Waals surface area contributed by atoms with Crippen molar-refractivity contribution in [2.24, 2.45) is 5.92 Å². The molecule has 0 aromatic heterocycles. The summed E-state index contributed by atoms with van der Waals surface area (Å²) < 4.78 is 16.0. The first kappa shape index (κ1) is 15.8. The Hall–Kier alpha value is -1.26. The lowest BCUT2D eigenvalue weighted by molar-refractivity contribution is 0.111. The third-order valence-electron chi connectivity index (χ3n) is 2.65. The first-order valence-corrected chi connectivity index (χ1v) is 6.66. The third kappa shape index (κ3) is 5.94. The van der Waals surface area contributed by atoms with Gasteiger partial charge in [-0.2, -0.15) is 0 Å². The van der Waals surface area contributed by atoms with Crippen molar-refractivity contribution >= 4 is 0 Å². The molecule has 0 spiro atoms. The van der Waals surface area contributed by atoms with Crippen LogP contribution in [0.1, 0.15) is 19.4 Å². The minimum absolute atomic E-state index is 0.589. The minimum atomic E-state index is 0.589. The number of benzene rings is 1. The van der Waals surface area contributed by atoms with Gasteiger partial charge in [-0.05, 0) is 23.6 Å². The van der Waals surface area contributed by atoms with E-state index in [-0.39, 0.29) is 0 Å². The van der Waals surface area contributed by atoms with Gasteiger partial charge in [-0.1, -0.05) is 19.9 Å². The zero-order chi connectivity index (χ0) is 14.1. The molecule has 0 amide bonds. The van der Waals surface area contributed by atoms with E-state index in [9.17, 15) is 0 Å². The number of ether oxygens (including phenoxy) is 3. The van der Waals surface area contributed by atoms with Crippen LogP contribution in [0, 0.1) is 5.92 Å². The fourth-order valence-corrected chi connectivity index (χ4v) is 1.69. The Kier molecular flexibility index (Phi) is 7.30. The zero-order valence-corrected chi connectivity index (χ0v) is 12.4. The highest BCUT2D eigenvalue weighted by molar-refractivity contribution is 5.42. The maximum absolute atomic E-state index is 5.51. The molecule has 1 aromatic rings. The van der Waals surface area contributed by atoms with Gasteiger partial charge in [-0.15, -0.1) is 0 Å². The normalized spacial score (nSPS) is 10.8. The highest BCUT2D eigenvalue weighted by Gasteiger charge is 2.04. The standard InChI is InChI=1S/C15H25NO3/c1-12(2)11-19-8-7-16-10-13-5-6-14(17-3)15(9-13)18-4/h5-6,9,12,16H,7-8,10-11H2,1-4H3. The first-order valence-electron chi connectivity index (χ1n) is 6.66. The SMILES string of the molecule is COc1ccc(CNCCOCC(C)C)cc1OC. The quantitative estimate of drug-likeness (QED) is 0.698. The molecule has 0 radical (unpaired) electrons. The second-order valence-electron chi connectivity index (χ2n) is 4.83. The summed E-state index contributed by atoms with van der Waals surface area (Å²) in [6.07, 6.45) is 0. The summed E-state index contributed by atoms with van der Waals surface area (Å²) in [6.45, 7) is 7.50. The maximum atomic E-state index is 5.51. The molecule has 0 atom stereocenters. The summed E-state index contributed by atoms with van der Waals surface area (Å²) in [7, 11) is 3.29. The highest BCUT2D eigenvalue weighted by atomic mass is 16.5. The van der Waals surface area contributed by atoms with Crippen molar-refractivity contribution in [3.8, 4) is 11.5 Å². The maximum Gasteiger partial charge on any atom is 0.161 e. The van der Waals surface area contributed by atoms with Crippen molar-refractivity contribution in [2.75, 3.05) is 34.0 Å². The fourth-order valence-electron chi connectivity index (χ4n) is 1.69. The van der Waals surface area contributed by atoms with Crippen LogP contribution in [0.4, 0.5) is 0 Å². The Morgan fingerprint density at radius 3 is 2.47 bits per heavy atom. The van der Waals surface area contributed by atoms with E-state index in [1.54, 1.807) is 14.2 Å². The predicted molar refractivity (Wildman–Crippen MR) is 76.9 cm³/mol. The molecular formula is C15H25NO3. The van der Waals surface area contributed by atoms with Gasteiger partial charge < -0.3 is 19.5 Å². The summed E-state index contributed by atoms with van der Waals surface area (Å²) in [4.78, 5) is 0. The summed E-state index contributed by atoms with van der Waals surface area (Å²) >= 11 is 0. The molecule has 0 saturated heterocycles. The Morgan fingerprint density at radius 2 is 1.84 bits per heavy atom. The highest BCUT2D eigenvalue weighted by Crippen LogP contribution is 2.27. The monoisotopic (exact) mass is 267 g/mol. The van der Waals surface area contributed by atoms with Crippen LogP contribution < -0.4 is 14.8 Å². The number of nitrogens with one attached hydrogen (secondary N) is 1. The largest absolute Gasteiger partial charge is 0.493 e. The van der Waals surface area contributed by atoms with Crippen molar-refractivity contribution in [1.82, 2.24) is 5.32 Å². The van der Waals surface area contributed by atoms with Gasteiger partial charge in [0.25, 0.3) is 0 Å². The van der Waals surface area contributed by atoms with Crippen molar-refractivity contribution in [3.63, 3.8) is 0 Å². The van der Waals surface area contributed by atoms with Crippen LogP contribution in [-0.4, -0.2) is 34.0 Å². The van der Waals surface area contributed by atoms with E-state index < -0.39 is 0 Å². The molecule has 19 heavy (non-hydrogen) atoms. The molecule has 0 aliphatic rings. The molecule has 4 heteroatoms. The number of hydrogen-bond donors (Lipinski definition) is 1. The van der Waals surface area contributed by atoms with Crippen LogP contribution in [0.15, 0.2) is 18.2 Å². The zero-order valence-electron chi connectivity index (χ0n) is 12.4. The van der Waals surface area contributed by atoms with Gasteiger partial charge in [0.2, 0.25) is 0 Å². The van der Waals surface area contributed by atoms with E-state index in [2.05, 4.69) is 19.2 Å². The summed E-state index contributed by atoms with van der Waals surface area (Å²) in [6, 6.07) is 5.94. The molecule has 0 bridgehead atoms. The van der Waals surface area contributed by atoms with Crippen molar-refractivity contribution in [1.29, 1.82) is 0 Å². The number of methoxy groups -OCH3 is 2. The van der Waals surface area contributed by atoms with Gasteiger partial charge in [-0.3, -0.25) is 0 Å². The minimum Gasteiger partial charge on any atom is -0.493 e. The number of rotatable bonds is 9. The molecule has 0 saturated carbocycles. The van der Waals surface area contributed by atoms with Crippen LogP contribution in [-0.2, 0) is 11.3 Å². The lowest BCUT2D eigenvalue weighted by Crippen LogP contribution is -2.20. The second kappa shape index (κ2) is 8.77. The van der Waals surface area contributed by atoms with Crippen LogP contribution >= 0.6 is 0 Å². The summed E-state index contributed by atoms with van der Waals surface area (Å²) in [5.41, 5.74) is 1.17. The second-order valence-corrected chi connectivity index (χ2v) is 4.83. The molecule has 4 nitrogen and oxygen atoms in total. The van der Waals surface area contributed by atoms with Gasteiger partial charge in [-0.25, -0.2) is 0 Å². The van der Waals surface area contributed by atoms with Gasteiger partial charge in [0, 0.05) is 19.7 Å².